The molecule has 0 aliphatic carbocycles. The maximum atomic E-state index is 12.1. The van der Waals surface area contributed by atoms with Crippen LogP contribution >= 0.6 is 22.9 Å². The second-order valence-electron chi connectivity index (χ2n) is 4.88. The number of thiophene rings is 1. The summed E-state index contributed by atoms with van der Waals surface area (Å²) >= 11 is 7.29. The molecule has 6 nitrogen and oxygen atoms in total. The van der Waals surface area contributed by atoms with Crippen molar-refractivity contribution in [3.63, 3.8) is 0 Å². The van der Waals surface area contributed by atoms with E-state index in [1.807, 2.05) is 0 Å². The normalized spacial score (nSPS) is 11.1. The van der Waals surface area contributed by atoms with Crippen LogP contribution in [0.4, 0.5) is 5.69 Å². The van der Waals surface area contributed by atoms with Gasteiger partial charge in [0.15, 0.2) is 0 Å². The van der Waals surface area contributed by atoms with E-state index in [0.717, 1.165) is 10.6 Å². The van der Waals surface area contributed by atoms with E-state index in [1.165, 1.54) is 24.5 Å². The maximum Gasteiger partial charge on any atom is 0.261 e. The monoisotopic (exact) mass is 388 g/mol. The van der Waals surface area contributed by atoms with Crippen molar-refractivity contribution < 1.29 is 17.9 Å². The highest BCUT2D eigenvalue weighted by molar-refractivity contribution is 7.92. The number of rotatable bonds is 7. The molecule has 1 aromatic carbocycles. The Labute approximate surface area is 150 Å². The number of halogens is 1. The zero-order valence-electron chi connectivity index (χ0n) is 13.2. The zero-order chi connectivity index (χ0) is 17.7. The predicted octanol–water partition coefficient (Wildman–Crippen LogP) is 2.61. The Morgan fingerprint density at radius 3 is 2.71 bits per heavy atom. The van der Waals surface area contributed by atoms with Crippen LogP contribution in [-0.4, -0.2) is 40.8 Å². The molecule has 0 aliphatic heterocycles. The van der Waals surface area contributed by atoms with Gasteiger partial charge in [0.25, 0.3) is 5.91 Å². The van der Waals surface area contributed by atoms with Crippen molar-refractivity contribution in [1.82, 2.24) is 5.32 Å². The number of amides is 1. The fourth-order valence-electron chi connectivity index (χ4n) is 2.09. The molecule has 1 amide bonds. The van der Waals surface area contributed by atoms with E-state index in [1.54, 1.807) is 29.6 Å². The molecule has 1 heterocycles. The summed E-state index contributed by atoms with van der Waals surface area (Å²) in [6, 6.07) is 8.21. The van der Waals surface area contributed by atoms with Gasteiger partial charge in [-0.2, -0.15) is 0 Å². The van der Waals surface area contributed by atoms with Crippen LogP contribution in [0.1, 0.15) is 9.67 Å². The fraction of sp³-hybridized carbons (Fsp3) is 0.267. The third-order valence-corrected chi connectivity index (χ3v) is 5.44. The number of ether oxygens (including phenoxy) is 1. The summed E-state index contributed by atoms with van der Waals surface area (Å²) in [5, 5.41) is 4.89. The lowest BCUT2D eigenvalue weighted by Gasteiger charge is -2.24. The van der Waals surface area contributed by atoms with Gasteiger partial charge in [-0.15, -0.1) is 11.3 Å². The molecule has 1 N–H and O–H groups in total. The van der Waals surface area contributed by atoms with Crippen molar-refractivity contribution in [2.45, 2.75) is 0 Å². The molecule has 0 aliphatic rings. The van der Waals surface area contributed by atoms with E-state index in [0.29, 0.717) is 21.3 Å². The largest absolute Gasteiger partial charge is 0.495 e. The molecule has 1 aromatic heterocycles. The standard InChI is InChI=1S/C15H17ClN2O4S2/c1-22-13-6-5-11(16)10-12(13)18(24(2,20)21)8-7-17-15(19)14-4-3-9-23-14/h3-6,9-10H,7-8H2,1-2H3,(H,17,19). The van der Waals surface area contributed by atoms with Crippen LogP contribution in [0.5, 0.6) is 5.75 Å². The average Bonchev–Trinajstić information content (AvgIpc) is 3.04. The Bertz CT molecular complexity index is 807. The number of carbonyl (C=O) groups excluding carboxylic acids is 1. The molecule has 24 heavy (non-hydrogen) atoms. The lowest BCUT2D eigenvalue weighted by molar-refractivity contribution is 0.0959. The minimum atomic E-state index is -3.57. The van der Waals surface area contributed by atoms with Crippen LogP contribution in [0.15, 0.2) is 35.7 Å². The van der Waals surface area contributed by atoms with Crippen LogP contribution in [0.3, 0.4) is 0 Å². The molecular weight excluding hydrogens is 372 g/mol. The van der Waals surface area contributed by atoms with Gasteiger partial charge in [0.1, 0.15) is 5.75 Å². The van der Waals surface area contributed by atoms with E-state index in [-0.39, 0.29) is 19.0 Å². The van der Waals surface area contributed by atoms with Crippen molar-refractivity contribution in [2.75, 3.05) is 30.8 Å². The van der Waals surface area contributed by atoms with Gasteiger partial charge in [-0.1, -0.05) is 17.7 Å². The van der Waals surface area contributed by atoms with Gasteiger partial charge in [-0.3, -0.25) is 9.10 Å². The molecule has 9 heteroatoms. The topological polar surface area (TPSA) is 75.7 Å². The highest BCUT2D eigenvalue weighted by Gasteiger charge is 2.21. The van der Waals surface area contributed by atoms with Gasteiger partial charge in [-0.05, 0) is 29.6 Å². The number of hydrogen-bond donors (Lipinski definition) is 1. The Balaban J connectivity index is 2.16. The third kappa shape index (κ3) is 4.62. The third-order valence-electron chi connectivity index (χ3n) is 3.16. The van der Waals surface area contributed by atoms with Gasteiger partial charge in [0.05, 0.1) is 30.5 Å². The van der Waals surface area contributed by atoms with Gasteiger partial charge >= 0.3 is 0 Å². The first-order chi connectivity index (χ1) is 11.3. The smallest absolute Gasteiger partial charge is 0.261 e. The van der Waals surface area contributed by atoms with E-state index < -0.39 is 10.0 Å². The molecule has 0 spiro atoms. The van der Waals surface area contributed by atoms with E-state index >= 15 is 0 Å². The second kappa shape index (κ2) is 7.87. The predicted molar refractivity (Wildman–Crippen MR) is 96.8 cm³/mol. The van der Waals surface area contributed by atoms with Crippen LogP contribution in [0, 0.1) is 0 Å². The summed E-state index contributed by atoms with van der Waals surface area (Å²) < 4.78 is 30.6. The van der Waals surface area contributed by atoms with Crippen LogP contribution < -0.4 is 14.4 Å². The number of nitrogens with zero attached hydrogens (tertiary/aromatic N) is 1. The quantitative estimate of drug-likeness (QED) is 0.791. The fourth-order valence-corrected chi connectivity index (χ4v) is 3.82. The summed E-state index contributed by atoms with van der Waals surface area (Å²) in [4.78, 5) is 12.5. The van der Waals surface area contributed by atoms with E-state index in [4.69, 9.17) is 16.3 Å². The first kappa shape index (κ1) is 18.6. The average molecular weight is 389 g/mol. The van der Waals surface area contributed by atoms with Crippen molar-refractivity contribution in [1.29, 1.82) is 0 Å². The molecule has 0 saturated heterocycles. The summed E-state index contributed by atoms with van der Waals surface area (Å²) in [5.41, 5.74) is 0.331. The number of hydrogen-bond acceptors (Lipinski definition) is 5. The van der Waals surface area contributed by atoms with Crippen LogP contribution in [-0.2, 0) is 10.0 Å². The number of nitrogens with one attached hydrogen (secondary N) is 1. The van der Waals surface area contributed by atoms with Crippen molar-refractivity contribution in [3.05, 3.63) is 45.6 Å². The van der Waals surface area contributed by atoms with E-state index in [9.17, 15) is 13.2 Å². The Hall–Kier alpha value is -1.77. The lowest BCUT2D eigenvalue weighted by Crippen LogP contribution is -2.38. The Morgan fingerprint density at radius 2 is 2.12 bits per heavy atom. The minimum absolute atomic E-state index is 0.0622. The summed E-state index contributed by atoms with van der Waals surface area (Å²) in [5.74, 6) is 0.144. The van der Waals surface area contributed by atoms with Crippen molar-refractivity contribution in [2.24, 2.45) is 0 Å². The Morgan fingerprint density at radius 1 is 1.38 bits per heavy atom. The molecule has 0 fully saturated rings. The zero-order valence-corrected chi connectivity index (χ0v) is 15.5. The number of sulfonamides is 1. The molecular formula is C15H17ClN2O4S2. The molecule has 0 bridgehead atoms. The maximum absolute atomic E-state index is 12.1. The lowest BCUT2D eigenvalue weighted by atomic mass is 10.3. The minimum Gasteiger partial charge on any atom is -0.495 e. The molecule has 0 radical (unpaired) electrons. The molecule has 0 unspecified atom stereocenters. The summed E-state index contributed by atoms with van der Waals surface area (Å²) in [6.07, 6.45) is 1.09. The first-order valence-electron chi connectivity index (χ1n) is 6.96. The van der Waals surface area contributed by atoms with Gasteiger partial charge in [0.2, 0.25) is 10.0 Å². The highest BCUT2D eigenvalue weighted by Crippen LogP contribution is 2.32. The summed E-state index contributed by atoms with van der Waals surface area (Å²) in [7, 11) is -2.12. The molecule has 0 atom stereocenters. The number of benzene rings is 1. The molecule has 2 aromatic rings. The van der Waals surface area contributed by atoms with Crippen LogP contribution in [0.25, 0.3) is 0 Å². The molecule has 130 valence electrons. The molecule has 2 rings (SSSR count). The van der Waals surface area contributed by atoms with Gasteiger partial charge in [0, 0.05) is 11.6 Å². The number of carbonyl (C=O) groups is 1. The Kier molecular flexibility index (Phi) is 6.09. The second-order valence-corrected chi connectivity index (χ2v) is 8.18. The first-order valence-corrected chi connectivity index (χ1v) is 10.1. The SMILES string of the molecule is COc1ccc(Cl)cc1N(CCNC(=O)c1cccs1)S(C)(=O)=O. The van der Waals surface area contributed by atoms with Crippen molar-refractivity contribution >= 4 is 44.6 Å². The highest BCUT2D eigenvalue weighted by atomic mass is 35.5. The van der Waals surface area contributed by atoms with Gasteiger partial charge < -0.3 is 10.1 Å². The number of anilines is 1. The molecule has 0 saturated carbocycles. The van der Waals surface area contributed by atoms with Gasteiger partial charge in [-0.25, -0.2) is 8.42 Å². The van der Waals surface area contributed by atoms with Crippen LogP contribution in [0.2, 0.25) is 5.02 Å². The number of methoxy groups -OCH3 is 1. The summed E-state index contributed by atoms with van der Waals surface area (Å²) in [6.45, 7) is 0.214. The van der Waals surface area contributed by atoms with Crippen molar-refractivity contribution in [3.8, 4) is 5.75 Å². The van der Waals surface area contributed by atoms with E-state index in [2.05, 4.69) is 5.32 Å².